The van der Waals surface area contributed by atoms with Gasteiger partial charge in [-0.25, -0.2) is 0 Å². The summed E-state index contributed by atoms with van der Waals surface area (Å²) in [6, 6.07) is 0. The van der Waals surface area contributed by atoms with Crippen molar-refractivity contribution >= 4 is 23.3 Å². The fraction of sp³-hybridized carbons (Fsp3) is 0.852. The number of hydrogen-bond donors (Lipinski definition) is 1. The van der Waals surface area contributed by atoms with Gasteiger partial charge in [0, 0.05) is 39.2 Å². The molecular weight excluding hydrogens is 530 g/mol. The average Bonchev–Trinajstić information content (AvgIpc) is 2.92. The van der Waals surface area contributed by atoms with Crippen LogP contribution in [0.2, 0.25) is 0 Å². The second kappa shape index (κ2) is 30.1. The predicted molar refractivity (Wildman–Crippen MR) is 144 cm³/mol. The van der Waals surface area contributed by atoms with Crippen LogP contribution in [0.5, 0.6) is 0 Å². The van der Waals surface area contributed by atoms with Gasteiger partial charge in [-0.3, -0.25) is 19.2 Å². The number of carbonyl (C=O) groups excluding carboxylic acids is 4. The molecule has 40 heavy (non-hydrogen) atoms. The van der Waals surface area contributed by atoms with E-state index in [1.807, 2.05) is 6.92 Å². The van der Waals surface area contributed by atoms with Crippen LogP contribution < -0.4 is 5.32 Å². The van der Waals surface area contributed by atoms with Crippen molar-refractivity contribution in [3.63, 3.8) is 0 Å². The monoisotopic (exact) mass is 579 g/mol. The second-order valence-corrected chi connectivity index (χ2v) is 8.58. The molecule has 0 radical (unpaired) electrons. The van der Waals surface area contributed by atoms with E-state index in [1.165, 1.54) is 6.92 Å². The minimum Gasteiger partial charge on any atom is -0.379 e. The molecule has 0 rings (SSSR count). The highest BCUT2D eigenvalue weighted by Crippen LogP contribution is 1.95. The lowest BCUT2D eigenvalue weighted by Crippen LogP contribution is -2.31. The molecule has 0 aliphatic heterocycles. The molecule has 1 N–H and O–H groups in total. The standard InChI is InChI=1S/C27H49NO12/c1-3-33-12-16-38-21-25(30)6-5-10-35-14-19-40-23-27(32)28-8-11-36-15-18-39-22-26(31)7-4-9-34-13-17-37-20-24(2)29/h3-23H2,1-2H3,(H,28,32). The summed E-state index contributed by atoms with van der Waals surface area (Å²) in [5.41, 5.74) is 0. The van der Waals surface area contributed by atoms with Gasteiger partial charge in [-0.1, -0.05) is 0 Å². The molecule has 0 saturated carbocycles. The first-order chi connectivity index (χ1) is 19.5. The van der Waals surface area contributed by atoms with Crippen LogP contribution in [0.1, 0.15) is 39.5 Å². The van der Waals surface area contributed by atoms with Crippen LogP contribution in [-0.4, -0.2) is 136 Å². The number of rotatable bonds is 32. The predicted octanol–water partition coefficient (Wildman–Crippen LogP) is 0.543. The van der Waals surface area contributed by atoms with Crippen molar-refractivity contribution < 1.29 is 57.1 Å². The zero-order valence-electron chi connectivity index (χ0n) is 24.2. The Labute approximate surface area is 237 Å². The van der Waals surface area contributed by atoms with E-state index in [4.69, 9.17) is 37.9 Å². The van der Waals surface area contributed by atoms with Crippen molar-refractivity contribution in [2.45, 2.75) is 39.5 Å². The van der Waals surface area contributed by atoms with Crippen molar-refractivity contribution in [1.29, 1.82) is 0 Å². The molecule has 0 aromatic carbocycles. The SMILES string of the molecule is CCOCCOCC(=O)CCCOCCOCC(=O)NCCOCCOCC(=O)CCCOCCOCC(C)=O. The molecule has 13 heteroatoms. The summed E-state index contributed by atoms with van der Waals surface area (Å²) >= 11 is 0. The third kappa shape index (κ3) is 30.7. The third-order valence-corrected chi connectivity index (χ3v) is 4.81. The van der Waals surface area contributed by atoms with E-state index in [-0.39, 0.29) is 62.9 Å². The van der Waals surface area contributed by atoms with Gasteiger partial charge in [-0.15, -0.1) is 0 Å². The molecule has 0 unspecified atom stereocenters. The Bertz CT molecular complexity index is 647. The first-order valence-corrected chi connectivity index (χ1v) is 13.9. The summed E-state index contributed by atoms with van der Waals surface area (Å²) in [7, 11) is 0. The van der Waals surface area contributed by atoms with Crippen molar-refractivity contribution in [2.75, 3.05) is 112 Å². The number of hydrogen-bond acceptors (Lipinski definition) is 12. The number of nitrogens with one attached hydrogen (secondary N) is 1. The lowest BCUT2D eigenvalue weighted by Gasteiger charge is -2.08. The fourth-order valence-corrected chi connectivity index (χ4v) is 2.88. The molecule has 0 aliphatic rings. The van der Waals surface area contributed by atoms with Gasteiger partial charge < -0.3 is 43.2 Å². The Morgan fingerprint density at radius 3 is 1.43 bits per heavy atom. The maximum absolute atomic E-state index is 11.7. The number of ether oxygens (including phenoxy) is 8. The molecule has 0 aromatic rings. The van der Waals surface area contributed by atoms with Crippen molar-refractivity contribution in [2.24, 2.45) is 0 Å². The number of ketones is 3. The fourth-order valence-electron chi connectivity index (χ4n) is 2.88. The maximum Gasteiger partial charge on any atom is 0.246 e. The van der Waals surface area contributed by atoms with Crippen molar-refractivity contribution in [3.8, 4) is 0 Å². The highest BCUT2D eigenvalue weighted by atomic mass is 16.5. The van der Waals surface area contributed by atoms with Gasteiger partial charge in [-0.05, 0) is 26.7 Å². The Kier molecular flexibility index (Phi) is 28.7. The molecule has 0 aliphatic carbocycles. The van der Waals surface area contributed by atoms with E-state index in [0.29, 0.717) is 98.3 Å². The summed E-state index contributed by atoms with van der Waals surface area (Å²) in [5.74, 6) is -0.273. The van der Waals surface area contributed by atoms with Gasteiger partial charge in [0.1, 0.15) is 26.4 Å². The van der Waals surface area contributed by atoms with E-state index < -0.39 is 0 Å². The van der Waals surface area contributed by atoms with Crippen LogP contribution in [0, 0.1) is 0 Å². The highest BCUT2D eigenvalue weighted by Gasteiger charge is 2.04. The molecule has 0 spiro atoms. The second-order valence-electron chi connectivity index (χ2n) is 8.58. The summed E-state index contributed by atoms with van der Waals surface area (Å²) in [6.45, 7) is 8.48. The van der Waals surface area contributed by atoms with Gasteiger partial charge in [0.05, 0.1) is 59.5 Å². The Hall–Kier alpha value is -1.84. The van der Waals surface area contributed by atoms with E-state index in [0.717, 1.165) is 0 Å². The zero-order valence-corrected chi connectivity index (χ0v) is 24.2. The summed E-state index contributed by atoms with van der Waals surface area (Å²) in [6.07, 6.45) is 1.95. The van der Waals surface area contributed by atoms with Crippen LogP contribution >= 0.6 is 0 Å². The van der Waals surface area contributed by atoms with Crippen molar-refractivity contribution in [1.82, 2.24) is 5.32 Å². The van der Waals surface area contributed by atoms with Crippen LogP contribution in [0.15, 0.2) is 0 Å². The Morgan fingerprint density at radius 2 is 0.925 bits per heavy atom. The number of Topliss-reactive ketones (excluding diaryl/α,β-unsaturated/α-hetero) is 3. The van der Waals surface area contributed by atoms with Crippen LogP contribution in [-0.2, 0) is 57.1 Å². The highest BCUT2D eigenvalue weighted by molar-refractivity contribution is 5.80. The normalized spacial score (nSPS) is 11.1. The van der Waals surface area contributed by atoms with Gasteiger partial charge in [0.25, 0.3) is 0 Å². The molecule has 0 bridgehead atoms. The molecule has 1 amide bonds. The van der Waals surface area contributed by atoms with Crippen LogP contribution in [0.25, 0.3) is 0 Å². The van der Waals surface area contributed by atoms with E-state index in [1.54, 1.807) is 0 Å². The number of carbonyl (C=O) groups is 4. The summed E-state index contributed by atoms with van der Waals surface area (Å²) in [4.78, 5) is 45.8. The maximum atomic E-state index is 11.7. The minimum atomic E-state index is -0.257. The molecule has 0 fully saturated rings. The quantitative estimate of drug-likeness (QED) is 0.111. The zero-order chi connectivity index (χ0) is 29.5. The van der Waals surface area contributed by atoms with Gasteiger partial charge in [0.2, 0.25) is 5.91 Å². The molecule has 0 saturated heterocycles. The number of amides is 1. The Morgan fingerprint density at radius 1 is 0.500 bits per heavy atom. The first-order valence-electron chi connectivity index (χ1n) is 13.9. The summed E-state index contributed by atoms with van der Waals surface area (Å²) < 4.78 is 42.0. The summed E-state index contributed by atoms with van der Waals surface area (Å²) in [5, 5.41) is 2.68. The Balaban J connectivity index is 3.33. The van der Waals surface area contributed by atoms with E-state index in [9.17, 15) is 19.2 Å². The lowest BCUT2D eigenvalue weighted by atomic mass is 10.2. The van der Waals surface area contributed by atoms with Crippen LogP contribution in [0.3, 0.4) is 0 Å². The molecule has 13 nitrogen and oxygen atoms in total. The van der Waals surface area contributed by atoms with Crippen LogP contribution in [0.4, 0.5) is 0 Å². The van der Waals surface area contributed by atoms with E-state index >= 15 is 0 Å². The largest absolute Gasteiger partial charge is 0.379 e. The van der Waals surface area contributed by atoms with Gasteiger partial charge in [0.15, 0.2) is 17.3 Å². The smallest absolute Gasteiger partial charge is 0.246 e. The molecule has 0 heterocycles. The minimum absolute atomic E-state index is 0.0148. The molecular formula is C27H49NO12. The van der Waals surface area contributed by atoms with Gasteiger partial charge in [-0.2, -0.15) is 0 Å². The topological polar surface area (TPSA) is 154 Å². The molecule has 0 atom stereocenters. The third-order valence-electron chi connectivity index (χ3n) is 4.81. The first kappa shape index (κ1) is 38.2. The van der Waals surface area contributed by atoms with Crippen molar-refractivity contribution in [3.05, 3.63) is 0 Å². The lowest BCUT2D eigenvalue weighted by molar-refractivity contribution is -0.127. The van der Waals surface area contributed by atoms with E-state index in [2.05, 4.69) is 5.32 Å². The molecule has 0 aromatic heterocycles. The molecule has 234 valence electrons. The van der Waals surface area contributed by atoms with Gasteiger partial charge >= 0.3 is 0 Å². The average molecular weight is 580 g/mol.